The number of halogens is 1. The molecule has 0 radical (unpaired) electrons. The van der Waals surface area contributed by atoms with E-state index in [0.717, 1.165) is 19.3 Å². The molecule has 0 amide bonds. The molecule has 0 spiro atoms. The molecule has 1 aromatic rings. The monoisotopic (exact) mass is 361 g/mol. The van der Waals surface area contributed by atoms with Gasteiger partial charge in [0, 0.05) is 23.8 Å². The lowest BCUT2D eigenvalue weighted by atomic mass is 9.79. The Morgan fingerprint density at radius 1 is 1.45 bits per heavy atom. The van der Waals surface area contributed by atoms with E-state index in [-0.39, 0.29) is 16.1 Å². The smallest absolute Gasteiger partial charge is 0.246 e. The van der Waals surface area contributed by atoms with E-state index in [2.05, 4.69) is 34.8 Å². The van der Waals surface area contributed by atoms with Gasteiger partial charge in [-0.25, -0.2) is 13.4 Å². The van der Waals surface area contributed by atoms with Crippen molar-refractivity contribution in [1.29, 1.82) is 0 Å². The van der Waals surface area contributed by atoms with Gasteiger partial charge in [-0.05, 0) is 40.3 Å². The number of nitrogen functional groups attached to an aromatic ring is 1. The molecule has 1 aliphatic heterocycles. The molecular formula is C13H20BrN3O2S. The quantitative estimate of drug-likeness (QED) is 0.897. The Morgan fingerprint density at radius 2 is 2.05 bits per heavy atom. The number of nitrogens with zero attached hydrogens (tertiary/aromatic N) is 2. The predicted molar refractivity (Wildman–Crippen MR) is 82.7 cm³/mol. The van der Waals surface area contributed by atoms with Gasteiger partial charge in [0.1, 0.15) is 10.7 Å². The van der Waals surface area contributed by atoms with Gasteiger partial charge in [-0.15, -0.1) is 0 Å². The standard InChI is InChI=1S/C13H20BrN3O2S/c1-3-13(2)4-6-17(7-5-13)20(18,19)11-8-10(14)9-16-12(11)15/h8-9H,3-7H2,1-2H3,(H2,15,16). The number of piperidine rings is 1. The van der Waals surface area contributed by atoms with Crippen molar-refractivity contribution in [2.45, 2.75) is 38.0 Å². The summed E-state index contributed by atoms with van der Waals surface area (Å²) in [6, 6.07) is 1.52. The molecular weight excluding hydrogens is 342 g/mol. The molecule has 0 unspecified atom stereocenters. The molecule has 2 N–H and O–H groups in total. The lowest BCUT2D eigenvalue weighted by Crippen LogP contribution is -2.42. The highest BCUT2D eigenvalue weighted by Crippen LogP contribution is 2.36. The van der Waals surface area contributed by atoms with Crippen LogP contribution in [0.2, 0.25) is 0 Å². The van der Waals surface area contributed by atoms with Gasteiger partial charge in [0.2, 0.25) is 10.0 Å². The lowest BCUT2D eigenvalue weighted by Gasteiger charge is -2.38. The summed E-state index contributed by atoms with van der Waals surface area (Å²) in [5.41, 5.74) is 5.97. The third kappa shape index (κ3) is 2.99. The number of hydrogen-bond acceptors (Lipinski definition) is 4. The van der Waals surface area contributed by atoms with Crippen LogP contribution in [-0.2, 0) is 10.0 Å². The highest BCUT2D eigenvalue weighted by molar-refractivity contribution is 9.10. The average Bonchev–Trinajstić information content (AvgIpc) is 2.42. The van der Waals surface area contributed by atoms with Crippen LogP contribution in [0.25, 0.3) is 0 Å². The van der Waals surface area contributed by atoms with E-state index in [4.69, 9.17) is 5.73 Å². The number of nitrogens with two attached hydrogens (primary N) is 1. The number of pyridine rings is 1. The van der Waals surface area contributed by atoms with E-state index in [1.165, 1.54) is 16.6 Å². The van der Waals surface area contributed by atoms with Gasteiger partial charge in [-0.2, -0.15) is 4.31 Å². The molecule has 2 heterocycles. The normalized spacial score (nSPS) is 19.9. The van der Waals surface area contributed by atoms with Crippen LogP contribution in [0.15, 0.2) is 21.6 Å². The van der Waals surface area contributed by atoms with Crippen LogP contribution < -0.4 is 5.73 Å². The minimum Gasteiger partial charge on any atom is -0.383 e. The number of aromatic nitrogens is 1. The zero-order valence-corrected chi connectivity index (χ0v) is 14.2. The number of anilines is 1. The first-order chi connectivity index (χ1) is 9.28. The minimum absolute atomic E-state index is 0.0528. The summed E-state index contributed by atoms with van der Waals surface area (Å²) in [7, 11) is -3.56. The molecule has 0 aliphatic carbocycles. The Labute approximate surface area is 128 Å². The van der Waals surface area contributed by atoms with Crippen molar-refractivity contribution in [3.05, 3.63) is 16.7 Å². The highest BCUT2D eigenvalue weighted by Gasteiger charge is 2.35. The summed E-state index contributed by atoms with van der Waals surface area (Å²) in [6.07, 6.45) is 4.33. The van der Waals surface area contributed by atoms with Crippen molar-refractivity contribution in [2.75, 3.05) is 18.8 Å². The molecule has 0 bridgehead atoms. The van der Waals surface area contributed by atoms with Gasteiger partial charge in [-0.3, -0.25) is 0 Å². The van der Waals surface area contributed by atoms with Gasteiger partial charge in [0.25, 0.3) is 0 Å². The molecule has 112 valence electrons. The highest BCUT2D eigenvalue weighted by atomic mass is 79.9. The van der Waals surface area contributed by atoms with Crippen LogP contribution in [0.3, 0.4) is 0 Å². The molecule has 1 aromatic heterocycles. The number of rotatable bonds is 3. The Hall–Kier alpha value is -0.660. The second kappa shape index (κ2) is 5.61. The predicted octanol–water partition coefficient (Wildman–Crippen LogP) is 2.63. The zero-order valence-electron chi connectivity index (χ0n) is 11.8. The topological polar surface area (TPSA) is 76.3 Å². The maximum absolute atomic E-state index is 12.6. The van der Waals surface area contributed by atoms with E-state index >= 15 is 0 Å². The van der Waals surface area contributed by atoms with E-state index in [1.807, 2.05) is 0 Å². The first-order valence-electron chi connectivity index (χ1n) is 6.70. The summed E-state index contributed by atoms with van der Waals surface area (Å²) in [6.45, 7) is 5.45. The largest absolute Gasteiger partial charge is 0.383 e. The van der Waals surface area contributed by atoms with E-state index < -0.39 is 10.0 Å². The van der Waals surface area contributed by atoms with Crippen molar-refractivity contribution in [3.63, 3.8) is 0 Å². The van der Waals surface area contributed by atoms with Gasteiger partial charge in [0.05, 0.1) is 0 Å². The van der Waals surface area contributed by atoms with Crippen molar-refractivity contribution in [3.8, 4) is 0 Å². The Bertz CT molecular complexity index is 596. The Morgan fingerprint density at radius 3 is 2.60 bits per heavy atom. The molecule has 7 heteroatoms. The van der Waals surface area contributed by atoms with Crippen molar-refractivity contribution < 1.29 is 8.42 Å². The van der Waals surface area contributed by atoms with Gasteiger partial charge in [-0.1, -0.05) is 20.3 Å². The molecule has 2 rings (SSSR count). The third-order valence-corrected chi connectivity index (χ3v) is 6.61. The van der Waals surface area contributed by atoms with Gasteiger partial charge in [0.15, 0.2) is 0 Å². The zero-order chi connectivity index (χ0) is 15.0. The third-order valence-electron chi connectivity index (χ3n) is 4.25. The molecule has 1 fully saturated rings. The van der Waals surface area contributed by atoms with Crippen molar-refractivity contribution >= 4 is 31.8 Å². The first-order valence-corrected chi connectivity index (χ1v) is 8.93. The van der Waals surface area contributed by atoms with Crippen LogP contribution >= 0.6 is 15.9 Å². The molecule has 5 nitrogen and oxygen atoms in total. The van der Waals surface area contributed by atoms with Crippen LogP contribution in [-0.4, -0.2) is 30.8 Å². The number of hydrogen-bond donors (Lipinski definition) is 1. The van der Waals surface area contributed by atoms with E-state index in [0.29, 0.717) is 17.6 Å². The van der Waals surface area contributed by atoms with E-state index in [1.54, 1.807) is 0 Å². The molecule has 1 aliphatic rings. The summed E-state index contributed by atoms with van der Waals surface area (Å²) < 4.78 is 27.4. The average molecular weight is 362 g/mol. The fraction of sp³-hybridized carbons (Fsp3) is 0.615. The summed E-state index contributed by atoms with van der Waals surface area (Å²) in [4.78, 5) is 4.00. The Balaban J connectivity index is 2.26. The second-order valence-electron chi connectivity index (χ2n) is 5.61. The summed E-state index contributed by atoms with van der Waals surface area (Å²) in [5, 5.41) is 0. The summed E-state index contributed by atoms with van der Waals surface area (Å²) >= 11 is 3.24. The van der Waals surface area contributed by atoms with Gasteiger partial charge >= 0.3 is 0 Å². The molecule has 0 aromatic carbocycles. The first kappa shape index (κ1) is 15.7. The maximum atomic E-state index is 12.6. The molecule has 0 atom stereocenters. The van der Waals surface area contributed by atoms with Crippen LogP contribution in [0.4, 0.5) is 5.82 Å². The second-order valence-corrected chi connectivity index (χ2v) is 8.43. The van der Waals surface area contributed by atoms with Crippen molar-refractivity contribution in [1.82, 2.24) is 9.29 Å². The number of sulfonamides is 1. The van der Waals surface area contributed by atoms with Crippen LogP contribution in [0, 0.1) is 5.41 Å². The SMILES string of the molecule is CCC1(C)CCN(S(=O)(=O)c2cc(Br)cnc2N)CC1. The van der Waals surface area contributed by atoms with Gasteiger partial charge < -0.3 is 5.73 Å². The molecule has 1 saturated heterocycles. The van der Waals surface area contributed by atoms with E-state index in [9.17, 15) is 8.42 Å². The Kier molecular flexibility index (Phi) is 4.41. The fourth-order valence-electron chi connectivity index (χ4n) is 2.40. The van der Waals surface area contributed by atoms with Crippen molar-refractivity contribution in [2.24, 2.45) is 5.41 Å². The van der Waals surface area contributed by atoms with Crippen LogP contribution in [0.1, 0.15) is 33.1 Å². The molecule has 20 heavy (non-hydrogen) atoms. The molecule has 0 saturated carbocycles. The van der Waals surface area contributed by atoms with Crippen LogP contribution in [0.5, 0.6) is 0 Å². The lowest BCUT2D eigenvalue weighted by molar-refractivity contribution is 0.169. The fourth-order valence-corrected chi connectivity index (χ4v) is 4.41. The summed E-state index contributed by atoms with van der Waals surface area (Å²) in [5.74, 6) is 0.0528. The minimum atomic E-state index is -3.56. The maximum Gasteiger partial charge on any atom is 0.246 e.